The van der Waals surface area contributed by atoms with Crippen molar-refractivity contribution in [1.29, 1.82) is 0 Å². The van der Waals surface area contributed by atoms with Crippen molar-refractivity contribution in [1.82, 2.24) is 4.90 Å². The lowest BCUT2D eigenvalue weighted by Crippen LogP contribution is -2.41. The fraction of sp³-hybridized carbons (Fsp3) is 0.800. The van der Waals surface area contributed by atoms with Gasteiger partial charge in [0.15, 0.2) is 0 Å². The van der Waals surface area contributed by atoms with Gasteiger partial charge in [0, 0.05) is 6.42 Å². The van der Waals surface area contributed by atoms with Gasteiger partial charge in [0.2, 0.25) is 0 Å². The van der Waals surface area contributed by atoms with Crippen LogP contribution in [0.3, 0.4) is 0 Å². The average molecular weight is 231 g/mol. The number of aliphatic hydroxyl groups is 1. The summed E-state index contributed by atoms with van der Waals surface area (Å²) >= 11 is 0. The highest BCUT2D eigenvalue weighted by molar-refractivity contribution is 5.80. The number of rotatable bonds is 3. The summed E-state index contributed by atoms with van der Waals surface area (Å²) in [6.45, 7) is 4.05. The summed E-state index contributed by atoms with van der Waals surface area (Å²) in [7, 11) is 0. The third kappa shape index (κ3) is 3.10. The van der Waals surface area contributed by atoms with Crippen molar-refractivity contribution < 1.29 is 24.5 Å². The lowest BCUT2D eigenvalue weighted by Gasteiger charge is -2.21. The van der Waals surface area contributed by atoms with E-state index in [1.165, 1.54) is 0 Å². The summed E-state index contributed by atoms with van der Waals surface area (Å²) in [6, 6.07) is -0.977. The smallest absolute Gasteiger partial charge is 0.410 e. The van der Waals surface area contributed by atoms with Crippen LogP contribution in [0.5, 0.6) is 0 Å². The number of carbonyl (C=O) groups excluding carboxylic acids is 1. The number of carbonyl (C=O) groups is 2. The Labute approximate surface area is 93.8 Å². The van der Waals surface area contributed by atoms with Crippen LogP contribution in [0.4, 0.5) is 4.79 Å². The molecule has 0 radical (unpaired) electrons. The van der Waals surface area contributed by atoms with Crippen LogP contribution in [0.1, 0.15) is 20.3 Å². The third-order valence-corrected chi connectivity index (χ3v) is 2.34. The number of hydrogen-bond donors (Lipinski definition) is 2. The summed E-state index contributed by atoms with van der Waals surface area (Å²) in [5.41, 5.74) is 0. The fourth-order valence-corrected chi connectivity index (χ4v) is 1.57. The third-order valence-electron chi connectivity index (χ3n) is 2.34. The molecule has 2 N–H and O–H groups in total. The number of hydrogen-bond acceptors (Lipinski definition) is 4. The van der Waals surface area contributed by atoms with Crippen molar-refractivity contribution >= 4 is 12.1 Å². The molecule has 0 aliphatic carbocycles. The van der Waals surface area contributed by atoms with Gasteiger partial charge in [0.05, 0.1) is 19.3 Å². The van der Waals surface area contributed by atoms with Crippen LogP contribution >= 0.6 is 0 Å². The largest absolute Gasteiger partial charge is 0.480 e. The molecule has 0 spiro atoms. The number of carboxylic acids is 1. The van der Waals surface area contributed by atoms with Crippen molar-refractivity contribution in [3.8, 4) is 0 Å². The summed E-state index contributed by atoms with van der Waals surface area (Å²) in [4.78, 5) is 23.4. The van der Waals surface area contributed by atoms with Crippen molar-refractivity contribution in [2.75, 3.05) is 13.2 Å². The van der Waals surface area contributed by atoms with E-state index in [9.17, 15) is 14.7 Å². The highest BCUT2D eigenvalue weighted by Gasteiger charge is 2.39. The minimum Gasteiger partial charge on any atom is -0.480 e. The first kappa shape index (κ1) is 12.8. The van der Waals surface area contributed by atoms with E-state index in [1.807, 2.05) is 13.8 Å². The van der Waals surface area contributed by atoms with Crippen LogP contribution in [0, 0.1) is 5.92 Å². The van der Waals surface area contributed by atoms with Gasteiger partial charge in [0.25, 0.3) is 0 Å². The Balaban J connectivity index is 2.56. The second-order valence-electron chi connectivity index (χ2n) is 4.37. The van der Waals surface area contributed by atoms with E-state index in [4.69, 9.17) is 9.84 Å². The van der Waals surface area contributed by atoms with Crippen LogP contribution in [0.25, 0.3) is 0 Å². The van der Waals surface area contributed by atoms with Crippen molar-refractivity contribution in [3.05, 3.63) is 0 Å². The predicted octanol–water partition coefficient (Wildman–Crippen LogP) is 0.299. The Morgan fingerprint density at radius 1 is 1.50 bits per heavy atom. The van der Waals surface area contributed by atoms with Crippen LogP contribution in [0.15, 0.2) is 0 Å². The van der Waals surface area contributed by atoms with Crippen LogP contribution in [0.2, 0.25) is 0 Å². The molecule has 0 aromatic heterocycles. The maximum absolute atomic E-state index is 11.5. The van der Waals surface area contributed by atoms with Gasteiger partial charge < -0.3 is 14.9 Å². The Kier molecular flexibility index (Phi) is 4.12. The number of aliphatic carboxylic acids is 1. The first-order valence-corrected chi connectivity index (χ1v) is 5.26. The fourth-order valence-electron chi connectivity index (χ4n) is 1.57. The number of likely N-dealkylation sites (tertiary alicyclic amines) is 1. The maximum atomic E-state index is 11.5. The summed E-state index contributed by atoms with van der Waals surface area (Å²) in [5, 5.41) is 18.2. The first-order chi connectivity index (χ1) is 7.41. The molecule has 1 aliphatic rings. The van der Waals surface area contributed by atoms with E-state index in [1.54, 1.807) is 0 Å². The molecule has 92 valence electrons. The number of aliphatic hydroxyl groups excluding tert-OH is 1. The van der Waals surface area contributed by atoms with Gasteiger partial charge in [-0.1, -0.05) is 13.8 Å². The molecule has 1 amide bonds. The average Bonchev–Trinajstić information content (AvgIpc) is 2.56. The molecule has 0 bridgehead atoms. The summed E-state index contributed by atoms with van der Waals surface area (Å²) < 4.78 is 4.93. The Hall–Kier alpha value is -1.30. The van der Waals surface area contributed by atoms with Gasteiger partial charge in [-0.15, -0.1) is 0 Å². The van der Waals surface area contributed by atoms with E-state index < -0.39 is 24.2 Å². The molecule has 2 atom stereocenters. The van der Waals surface area contributed by atoms with E-state index in [0.717, 1.165) is 4.90 Å². The molecule has 0 aromatic rings. The zero-order valence-corrected chi connectivity index (χ0v) is 9.42. The number of ether oxygens (including phenoxy) is 1. The van der Waals surface area contributed by atoms with Crippen molar-refractivity contribution in [2.45, 2.75) is 32.4 Å². The van der Waals surface area contributed by atoms with Crippen LogP contribution in [-0.2, 0) is 9.53 Å². The molecule has 0 saturated carbocycles. The van der Waals surface area contributed by atoms with Gasteiger partial charge in [-0.25, -0.2) is 9.59 Å². The monoisotopic (exact) mass is 231 g/mol. The van der Waals surface area contributed by atoms with E-state index >= 15 is 0 Å². The Morgan fingerprint density at radius 2 is 2.12 bits per heavy atom. The van der Waals surface area contributed by atoms with E-state index in [-0.39, 0.29) is 25.5 Å². The molecule has 0 aromatic carbocycles. The summed E-state index contributed by atoms with van der Waals surface area (Å²) in [5.74, 6) is -0.919. The second-order valence-corrected chi connectivity index (χ2v) is 4.37. The van der Waals surface area contributed by atoms with Crippen molar-refractivity contribution in [3.63, 3.8) is 0 Å². The standard InChI is InChI=1S/C10H17NO5/c1-6(2)5-16-10(15)11-4-7(12)3-8(11)9(13)14/h6-8,12H,3-5H2,1-2H3,(H,13,14)/t7-,8+/m1/s1. The zero-order valence-electron chi connectivity index (χ0n) is 9.42. The van der Waals surface area contributed by atoms with Gasteiger partial charge >= 0.3 is 12.1 Å². The highest BCUT2D eigenvalue weighted by atomic mass is 16.6. The van der Waals surface area contributed by atoms with E-state index in [0.29, 0.717) is 0 Å². The van der Waals surface area contributed by atoms with Crippen LogP contribution < -0.4 is 0 Å². The minimum atomic E-state index is -1.11. The van der Waals surface area contributed by atoms with Gasteiger partial charge in [-0.2, -0.15) is 0 Å². The zero-order chi connectivity index (χ0) is 12.3. The number of amides is 1. The van der Waals surface area contributed by atoms with E-state index in [2.05, 4.69) is 0 Å². The number of carboxylic acid groups (broad SMARTS) is 1. The topological polar surface area (TPSA) is 87.1 Å². The Bertz CT molecular complexity index is 278. The van der Waals surface area contributed by atoms with Gasteiger partial charge in [0.1, 0.15) is 6.04 Å². The molecular weight excluding hydrogens is 214 g/mol. The Morgan fingerprint density at radius 3 is 2.62 bits per heavy atom. The van der Waals surface area contributed by atoms with Crippen LogP contribution in [-0.4, -0.2) is 52.5 Å². The lowest BCUT2D eigenvalue weighted by atomic mass is 10.2. The number of nitrogens with zero attached hydrogens (tertiary/aromatic N) is 1. The molecular formula is C10H17NO5. The molecule has 6 heteroatoms. The number of β-amino-alcohol motifs (C(OH)–C–C–N with tert-alkyl or cyclic N) is 1. The highest BCUT2D eigenvalue weighted by Crippen LogP contribution is 2.19. The minimum absolute atomic E-state index is 0.0217. The predicted molar refractivity (Wildman–Crippen MR) is 54.9 cm³/mol. The molecule has 6 nitrogen and oxygen atoms in total. The molecule has 1 heterocycles. The molecule has 16 heavy (non-hydrogen) atoms. The van der Waals surface area contributed by atoms with Crippen molar-refractivity contribution in [2.24, 2.45) is 5.92 Å². The first-order valence-electron chi connectivity index (χ1n) is 5.26. The normalized spacial score (nSPS) is 24.9. The van der Waals surface area contributed by atoms with Gasteiger partial charge in [-0.3, -0.25) is 4.90 Å². The molecule has 1 aliphatic heterocycles. The van der Waals surface area contributed by atoms with Gasteiger partial charge in [-0.05, 0) is 5.92 Å². The summed E-state index contributed by atoms with van der Waals surface area (Å²) in [6.07, 6.45) is -1.39. The molecule has 1 rings (SSSR count). The molecule has 0 unspecified atom stereocenters. The second kappa shape index (κ2) is 5.16. The quantitative estimate of drug-likeness (QED) is 0.729. The lowest BCUT2D eigenvalue weighted by molar-refractivity contribution is -0.141. The SMILES string of the molecule is CC(C)COC(=O)N1C[C@H](O)C[C@H]1C(=O)O. The molecule has 1 saturated heterocycles. The molecule has 1 fully saturated rings. The maximum Gasteiger partial charge on any atom is 0.410 e.